The van der Waals surface area contributed by atoms with Crippen molar-refractivity contribution in [2.45, 2.75) is 26.2 Å². The predicted octanol–water partition coefficient (Wildman–Crippen LogP) is 5.41. The smallest absolute Gasteiger partial charge is 0.243 e. The van der Waals surface area contributed by atoms with Crippen molar-refractivity contribution in [3.63, 3.8) is 0 Å². The van der Waals surface area contributed by atoms with E-state index in [9.17, 15) is 0 Å². The van der Waals surface area contributed by atoms with Gasteiger partial charge in [-0.15, -0.1) is 4.58 Å². The molecule has 0 fully saturated rings. The third-order valence-electron chi connectivity index (χ3n) is 7.27. The first-order valence-electron chi connectivity index (χ1n) is 12.0. The summed E-state index contributed by atoms with van der Waals surface area (Å²) in [6, 6.07) is 35.5. The molecule has 5 aromatic rings. The molecule has 0 saturated heterocycles. The molecular formula is C30H27N4+3. The summed E-state index contributed by atoms with van der Waals surface area (Å²) in [4.78, 5) is 3.38. The van der Waals surface area contributed by atoms with Gasteiger partial charge in [0.2, 0.25) is 12.0 Å². The number of aromatic nitrogens is 2. The Kier molecular flexibility index (Phi) is 4.29. The number of para-hydroxylation sites is 4. The zero-order valence-corrected chi connectivity index (χ0v) is 19.1. The van der Waals surface area contributed by atoms with E-state index in [2.05, 4.69) is 124 Å². The molecule has 8 rings (SSSR count). The van der Waals surface area contributed by atoms with Crippen LogP contribution in [0.5, 0.6) is 0 Å². The SMILES string of the molecule is C1=[N+](Cc2cccc(C[n+]3c[nH]c4ccccc43)c2)c2ccccc2[N+]12Cc1ccc(cc1)C2. The van der Waals surface area contributed by atoms with Crippen LogP contribution in [0.1, 0.15) is 22.3 Å². The van der Waals surface area contributed by atoms with E-state index in [4.69, 9.17) is 0 Å². The summed E-state index contributed by atoms with van der Waals surface area (Å²) in [6.07, 6.45) is 4.52. The van der Waals surface area contributed by atoms with Crippen LogP contribution in [0.2, 0.25) is 0 Å². The fraction of sp³-hybridized carbons (Fsp3) is 0.133. The van der Waals surface area contributed by atoms with Crippen LogP contribution < -0.4 is 9.05 Å². The van der Waals surface area contributed by atoms with E-state index in [0.29, 0.717) is 0 Å². The van der Waals surface area contributed by atoms with Crippen molar-refractivity contribution in [1.29, 1.82) is 0 Å². The third kappa shape index (κ3) is 3.18. The van der Waals surface area contributed by atoms with Crippen LogP contribution in [-0.2, 0) is 26.2 Å². The normalized spacial score (nSPS) is 15.5. The van der Waals surface area contributed by atoms with E-state index in [0.717, 1.165) is 30.7 Å². The van der Waals surface area contributed by atoms with Crippen LogP contribution in [0.25, 0.3) is 11.0 Å². The molecule has 4 heteroatoms. The van der Waals surface area contributed by atoms with Gasteiger partial charge < -0.3 is 0 Å². The first kappa shape index (κ1) is 19.4. The van der Waals surface area contributed by atoms with Gasteiger partial charge in [-0.05, 0) is 23.8 Å². The molecule has 164 valence electrons. The highest BCUT2D eigenvalue weighted by molar-refractivity contribution is 5.82. The van der Waals surface area contributed by atoms with Gasteiger partial charge >= 0.3 is 6.34 Å². The summed E-state index contributed by atoms with van der Waals surface area (Å²) in [6.45, 7) is 3.73. The van der Waals surface area contributed by atoms with Crippen molar-refractivity contribution in [3.05, 3.63) is 126 Å². The van der Waals surface area contributed by atoms with E-state index in [1.807, 2.05) is 0 Å². The number of hydrogen-bond acceptors (Lipinski definition) is 0. The van der Waals surface area contributed by atoms with Gasteiger partial charge in [-0.25, -0.2) is 9.55 Å². The predicted molar refractivity (Wildman–Crippen MR) is 136 cm³/mol. The number of H-pyrrole nitrogens is 1. The molecule has 1 N–H and O–H groups in total. The third-order valence-corrected chi connectivity index (χ3v) is 7.27. The van der Waals surface area contributed by atoms with Crippen molar-refractivity contribution < 1.29 is 9.14 Å². The van der Waals surface area contributed by atoms with E-state index in [1.54, 1.807) is 0 Å². The van der Waals surface area contributed by atoms with Crippen LogP contribution in [-0.4, -0.2) is 15.9 Å². The van der Waals surface area contributed by atoms with E-state index >= 15 is 0 Å². The molecule has 0 saturated carbocycles. The Bertz CT molecular complexity index is 1530. The maximum atomic E-state index is 3.38. The zero-order valence-electron chi connectivity index (χ0n) is 19.1. The summed E-state index contributed by atoms with van der Waals surface area (Å²) in [5, 5.41) is 0. The number of aromatic amines is 1. The first-order chi connectivity index (χ1) is 16.8. The van der Waals surface area contributed by atoms with E-state index in [-0.39, 0.29) is 0 Å². The summed E-state index contributed by atoms with van der Waals surface area (Å²) >= 11 is 0. The molecule has 3 aliphatic heterocycles. The highest BCUT2D eigenvalue weighted by Gasteiger charge is 2.46. The van der Waals surface area contributed by atoms with Crippen molar-refractivity contribution in [3.8, 4) is 0 Å². The van der Waals surface area contributed by atoms with Gasteiger partial charge in [0, 0.05) is 28.8 Å². The van der Waals surface area contributed by atoms with Gasteiger partial charge in [0.1, 0.15) is 19.6 Å². The van der Waals surface area contributed by atoms with Gasteiger partial charge in [-0.2, -0.15) is 4.48 Å². The van der Waals surface area contributed by atoms with Crippen LogP contribution in [0.4, 0.5) is 11.4 Å². The lowest BCUT2D eigenvalue weighted by atomic mass is 10.1. The van der Waals surface area contributed by atoms with Gasteiger partial charge in [0.05, 0.1) is 0 Å². The first-order valence-corrected chi connectivity index (χ1v) is 12.0. The number of benzene rings is 4. The van der Waals surface area contributed by atoms with Gasteiger partial charge in [-0.3, -0.25) is 0 Å². The van der Waals surface area contributed by atoms with Crippen molar-refractivity contribution in [2.75, 3.05) is 0 Å². The fourth-order valence-corrected chi connectivity index (χ4v) is 5.72. The number of nitrogens with one attached hydrogen (secondary N) is 1. The van der Waals surface area contributed by atoms with Crippen molar-refractivity contribution in [1.82, 2.24) is 9.47 Å². The Hall–Kier alpha value is -4.02. The Morgan fingerprint density at radius 2 is 1.41 bits per heavy atom. The van der Waals surface area contributed by atoms with Gasteiger partial charge in [-0.1, -0.05) is 66.7 Å². The van der Waals surface area contributed by atoms with Crippen LogP contribution in [0, 0.1) is 0 Å². The molecule has 4 aromatic carbocycles. The molecule has 4 heterocycles. The second-order valence-electron chi connectivity index (χ2n) is 9.64. The van der Waals surface area contributed by atoms with Crippen LogP contribution >= 0.6 is 0 Å². The topological polar surface area (TPSA) is 22.7 Å². The van der Waals surface area contributed by atoms with E-state index in [1.165, 1.54) is 44.7 Å². The molecule has 1 aromatic heterocycles. The van der Waals surface area contributed by atoms with Crippen molar-refractivity contribution >= 4 is 28.7 Å². The molecule has 0 radical (unpaired) electrons. The Morgan fingerprint density at radius 1 is 0.706 bits per heavy atom. The summed E-state index contributed by atoms with van der Waals surface area (Å²) in [5.41, 5.74) is 10.6. The molecule has 0 aliphatic carbocycles. The Balaban J connectivity index is 1.22. The highest BCUT2D eigenvalue weighted by atomic mass is 15.4. The number of rotatable bonds is 4. The molecule has 0 unspecified atom stereocenters. The molecule has 34 heavy (non-hydrogen) atoms. The number of quaternary nitrogens is 1. The van der Waals surface area contributed by atoms with Crippen molar-refractivity contribution in [2.24, 2.45) is 0 Å². The minimum atomic E-state index is 0.853. The summed E-state index contributed by atoms with van der Waals surface area (Å²) < 4.78 is 5.61. The monoisotopic (exact) mass is 443 g/mol. The maximum Gasteiger partial charge on any atom is 0.338 e. The maximum absolute atomic E-state index is 3.38. The van der Waals surface area contributed by atoms with Gasteiger partial charge in [0.25, 0.3) is 5.69 Å². The summed E-state index contributed by atoms with van der Waals surface area (Å²) in [5.74, 6) is 0. The second-order valence-corrected chi connectivity index (χ2v) is 9.64. The molecule has 4 nitrogen and oxygen atoms in total. The fourth-order valence-electron chi connectivity index (χ4n) is 5.72. The molecule has 0 amide bonds. The lowest BCUT2D eigenvalue weighted by molar-refractivity contribution is -0.662. The van der Waals surface area contributed by atoms with Crippen LogP contribution in [0.15, 0.2) is 103 Å². The molecule has 0 atom stereocenters. The average molecular weight is 444 g/mol. The van der Waals surface area contributed by atoms with Gasteiger partial charge in [0.15, 0.2) is 17.6 Å². The minimum Gasteiger partial charge on any atom is -0.243 e. The van der Waals surface area contributed by atoms with Crippen LogP contribution in [0.3, 0.4) is 0 Å². The quantitative estimate of drug-likeness (QED) is 0.284. The Morgan fingerprint density at radius 3 is 2.24 bits per heavy atom. The highest BCUT2D eigenvalue weighted by Crippen LogP contribution is 2.42. The minimum absolute atomic E-state index is 0.853. The zero-order chi connectivity index (χ0) is 22.5. The number of fused-ring (bicyclic) bond motifs is 4. The number of hydrogen-bond donors (Lipinski definition) is 1. The summed E-state index contributed by atoms with van der Waals surface area (Å²) in [7, 11) is 0. The lowest BCUT2D eigenvalue weighted by Gasteiger charge is -2.25. The molecule has 2 bridgehead atoms. The number of imidazole rings is 1. The second kappa shape index (κ2) is 7.51. The number of nitrogens with zero attached hydrogens (tertiary/aromatic N) is 3. The largest absolute Gasteiger partial charge is 0.338 e. The standard InChI is InChI=1S/C30H26N4/c1-2-9-28-27(8-1)31-21-32(28)17-25-6-5-7-26(16-25)18-33-22-34(30-11-4-3-10-29(30)33)19-23-12-13-24(20-34)15-14-23/h1-16,21-22H,17-20H2/q+2/p+1. The molecule has 3 aliphatic rings. The van der Waals surface area contributed by atoms with E-state index < -0.39 is 0 Å². The lowest BCUT2D eigenvalue weighted by Crippen LogP contribution is -2.44. The Labute approximate surface area is 199 Å². The molecular weight excluding hydrogens is 416 g/mol. The average Bonchev–Trinajstić information content (AvgIpc) is 3.26. The molecule has 1 spiro atoms.